The van der Waals surface area contributed by atoms with Crippen LogP contribution < -0.4 is 0 Å². The Balaban J connectivity index is 1.56. The fourth-order valence-electron chi connectivity index (χ4n) is 4.56. The van der Waals surface area contributed by atoms with E-state index in [-0.39, 0.29) is 24.3 Å². The van der Waals surface area contributed by atoms with Crippen molar-refractivity contribution in [3.05, 3.63) is 131 Å². The van der Waals surface area contributed by atoms with Gasteiger partial charge in [0.1, 0.15) is 6.54 Å². The van der Waals surface area contributed by atoms with Crippen molar-refractivity contribution < 1.29 is 9.59 Å². The normalized spacial score (nSPS) is 10.9. The van der Waals surface area contributed by atoms with Gasteiger partial charge in [0.25, 0.3) is 5.91 Å². The molecular formula is C33H37N3O2. The highest BCUT2D eigenvalue weighted by Gasteiger charge is 2.24. The van der Waals surface area contributed by atoms with Gasteiger partial charge in [-0.2, -0.15) is 0 Å². The van der Waals surface area contributed by atoms with Crippen LogP contribution in [0.4, 0.5) is 0 Å². The van der Waals surface area contributed by atoms with Crippen molar-refractivity contribution in [1.82, 2.24) is 14.4 Å². The van der Waals surface area contributed by atoms with E-state index in [1.54, 1.807) is 4.90 Å². The van der Waals surface area contributed by atoms with Gasteiger partial charge in [-0.3, -0.25) is 9.59 Å². The Bertz CT molecular complexity index is 1310. The van der Waals surface area contributed by atoms with Gasteiger partial charge in [-0.15, -0.1) is 0 Å². The lowest BCUT2D eigenvalue weighted by Crippen LogP contribution is -2.44. The lowest BCUT2D eigenvalue weighted by molar-refractivity contribution is -0.133. The van der Waals surface area contributed by atoms with Crippen LogP contribution in [0.1, 0.15) is 46.6 Å². The smallest absolute Gasteiger partial charge is 0.254 e. The number of rotatable bonds is 11. The lowest BCUT2D eigenvalue weighted by Gasteiger charge is -2.29. The molecule has 0 saturated carbocycles. The molecule has 2 amide bonds. The predicted octanol–water partition coefficient (Wildman–Crippen LogP) is 6.17. The van der Waals surface area contributed by atoms with Crippen LogP contribution in [0.3, 0.4) is 0 Å². The molecular weight excluding hydrogens is 470 g/mol. The van der Waals surface area contributed by atoms with E-state index in [2.05, 4.69) is 42.8 Å². The molecule has 4 rings (SSSR count). The highest BCUT2D eigenvalue weighted by atomic mass is 16.2. The molecule has 0 atom stereocenters. The fourth-order valence-corrected chi connectivity index (χ4v) is 4.56. The van der Waals surface area contributed by atoms with Gasteiger partial charge in [-0.25, -0.2) is 0 Å². The summed E-state index contributed by atoms with van der Waals surface area (Å²) in [4.78, 5) is 30.8. The minimum absolute atomic E-state index is 0.0388. The Morgan fingerprint density at radius 2 is 1.37 bits per heavy atom. The van der Waals surface area contributed by atoms with E-state index in [0.29, 0.717) is 25.2 Å². The van der Waals surface area contributed by atoms with Gasteiger partial charge in [-0.1, -0.05) is 92.2 Å². The van der Waals surface area contributed by atoms with Crippen LogP contribution in [0, 0.1) is 12.8 Å². The lowest BCUT2D eigenvalue weighted by atomic mass is 10.1. The second-order valence-electron chi connectivity index (χ2n) is 10.3. The van der Waals surface area contributed by atoms with Crippen LogP contribution in [-0.2, 0) is 24.4 Å². The predicted molar refractivity (Wildman–Crippen MR) is 153 cm³/mol. The molecule has 0 aliphatic carbocycles. The van der Waals surface area contributed by atoms with Crippen molar-refractivity contribution in [2.24, 2.45) is 5.92 Å². The number of hydrogen-bond acceptors (Lipinski definition) is 2. The number of carbonyl (C=O) groups is 2. The Kier molecular flexibility index (Phi) is 9.15. The molecule has 3 aromatic carbocycles. The van der Waals surface area contributed by atoms with E-state index in [4.69, 9.17) is 0 Å². The number of aryl methyl sites for hydroxylation is 1. The molecule has 5 heteroatoms. The summed E-state index contributed by atoms with van der Waals surface area (Å²) in [6.45, 7) is 8.36. The highest BCUT2D eigenvalue weighted by Crippen LogP contribution is 2.16. The molecule has 0 fully saturated rings. The molecule has 0 bridgehead atoms. The summed E-state index contributed by atoms with van der Waals surface area (Å²) >= 11 is 0. The minimum atomic E-state index is -0.112. The number of hydrogen-bond donors (Lipinski definition) is 0. The first-order valence-corrected chi connectivity index (χ1v) is 13.2. The maximum absolute atomic E-state index is 13.8. The number of aromatic nitrogens is 1. The zero-order valence-corrected chi connectivity index (χ0v) is 22.6. The van der Waals surface area contributed by atoms with E-state index >= 15 is 0 Å². The molecule has 0 aliphatic rings. The summed E-state index contributed by atoms with van der Waals surface area (Å²) in [5.41, 5.74) is 5.02. The number of nitrogens with zero attached hydrogens (tertiary/aromatic N) is 3. The summed E-state index contributed by atoms with van der Waals surface area (Å²) in [5.74, 6) is 0.0597. The van der Waals surface area contributed by atoms with Gasteiger partial charge in [-0.05, 0) is 48.2 Å². The molecule has 1 aromatic heterocycles. The maximum atomic E-state index is 13.8. The summed E-state index contributed by atoms with van der Waals surface area (Å²) < 4.78 is 2.18. The van der Waals surface area contributed by atoms with Crippen molar-refractivity contribution in [1.29, 1.82) is 0 Å². The standard InChI is InChI=1S/C33H37N3O2/c1-26(2)21-36(33(38)30-18-16-27(3)17-19-30)25-32(37)35(23-29-13-8-5-9-14-29)24-31-15-10-20-34(31)22-28-11-6-4-7-12-28/h4-20,26H,21-25H2,1-3H3. The van der Waals surface area contributed by atoms with Crippen LogP contribution in [-0.4, -0.2) is 39.3 Å². The van der Waals surface area contributed by atoms with E-state index in [9.17, 15) is 9.59 Å². The molecule has 0 unspecified atom stereocenters. The average molecular weight is 508 g/mol. The second-order valence-corrected chi connectivity index (χ2v) is 10.3. The summed E-state index contributed by atoms with van der Waals surface area (Å²) in [6.07, 6.45) is 2.06. The van der Waals surface area contributed by atoms with Crippen LogP contribution in [0.15, 0.2) is 103 Å². The SMILES string of the molecule is Cc1ccc(C(=O)N(CC(=O)N(Cc2ccccc2)Cc2cccn2Cc2ccccc2)CC(C)C)cc1. The highest BCUT2D eigenvalue weighted by molar-refractivity contribution is 5.96. The molecule has 4 aromatic rings. The number of amides is 2. The van der Waals surface area contributed by atoms with Gasteiger partial charge in [0, 0.05) is 37.1 Å². The average Bonchev–Trinajstić information content (AvgIpc) is 3.35. The summed E-state index contributed by atoms with van der Waals surface area (Å²) in [5, 5.41) is 0. The molecule has 1 heterocycles. The molecule has 0 saturated heterocycles. The molecule has 0 aliphatic heterocycles. The first-order valence-electron chi connectivity index (χ1n) is 13.2. The zero-order chi connectivity index (χ0) is 26.9. The van der Waals surface area contributed by atoms with E-state index in [0.717, 1.165) is 23.4 Å². The van der Waals surface area contributed by atoms with Gasteiger partial charge < -0.3 is 14.4 Å². The Morgan fingerprint density at radius 1 is 0.737 bits per heavy atom. The quantitative estimate of drug-likeness (QED) is 0.244. The van der Waals surface area contributed by atoms with E-state index in [1.807, 2.05) is 90.7 Å². The third kappa shape index (κ3) is 7.45. The largest absolute Gasteiger partial charge is 0.345 e. The van der Waals surface area contributed by atoms with Crippen molar-refractivity contribution in [3.8, 4) is 0 Å². The minimum Gasteiger partial charge on any atom is -0.345 e. The molecule has 196 valence electrons. The molecule has 5 nitrogen and oxygen atoms in total. The van der Waals surface area contributed by atoms with Crippen molar-refractivity contribution >= 4 is 11.8 Å². The van der Waals surface area contributed by atoms with Gasteiger partial charge in [0.15, 0.2) is 0 Å². The van der Waals surface area contributed by atoms with Crippen molar-refractivity contribution in [3.63, 3.8) is 0 Å². The summed E-state index contributed by atoms with van der Waals surface area (Å²) in [6, 6.07) is 32.0. The second kappa shape index (κ2) is 12.9. The molecule has 0 N–H and O–H groups in total. The summed E-state index contributed by atoms with van der Waals surface area (Å²) in [7, 11) is 0. The van der Waals surface area contributed by atoms with Crippen LogP contribution >= 0.6 is 0 Å². The third-order valence-electron chi connectivity index (χ3n) is 6.54. The first kappa shape index (κ1) is 26.9. The number of carbonyl (C=O) groups excluding carboxylic acids is 2. The van der Waals surface area contributed by atoms with Crippen LogP contribution in [0.2, 0.25) is 0 Å². The monoisotopic (exact) mass is 507 g/mol. The fraction of sp³-hybridized carbons (Fsp3) is 0.273. The Hall–Kier alpha value is -4.12. The van der Waals surface area contributed by atoms with Gasteiger partial charge in [0.05, 0.1) is 6.54 Å². The van der Waals surface area contributed by atoms with Gasteiger partial charge in [0.2, 0.25) is 5.91 Å². The van der Waals surface area contributed by atoms with Crippen LogP contribution in [0.5, 0.6) is 0 Å². The molecule has 0 radical (unpaired) electrons. The van der Waals surface area contributed by atoms with E-state index in [1.165, 1.54) is 5.56 Å². The molecule has 38 heavy (non-hydrogen) atoms. The number of benzene rings is 3. The Labute approximate surface area is 226 Å². The van der Waals surface area contributed by atoms with Crippen molar-refractivity contribution in [2.75, 3.05) is 13.1 Å². The Morgan fingerprint density at radius 3 is 2.00 bits per heavy atom. The van der Waals surface area contributed by atoms with Gasteiger partial charge >= 0.3 is 0 Å². The van der Waals surface area contributed by atoms with Crippen molar-refractivity contribution in [2.45, 2.75) is 40.4 Å². The van der Waals surface area contributed by atoms with E-state index < -0.39 is 0 Å². The zero-order valence-electron chi connectivity index (χ0n) is 22.6. The third-order valence-corrected chi connectivity index (χ3v) is 6.54. The topological polar surface area (TPSA) is 45.6 Å². The first-order chi connectivity index (χ1) is 18.4. The maximum Gasteiger partial charge on any atom is 0.254 e. The van der Waals surface area contributed by atoms with Crippen LogP contribution in [0.25, 0.3) is 0 Å². The molecule has 0 spiro atoms.